The second-order valence-electron chi connectivity index (χ2n) is 5.29. The molecule has 6 nitrogen and oxygen atoms in total. The smallest absolute Gasteiger partial charge is 0.251 e. The summed E-state index contributed by atoms with van der Waals surface area (Å²) in [7, 11) is 1.58. The Kier molecular flexibility index (Phi) is 4.56. The van der Waals surface area contributed by atoms with Gasteiger partial charge >= 0.3 is 0 Å². The Bertz CT molecular complexity index is 823. The molecule has 0 fully saturated rings. The number of methoxy groups -OCH3 is 1. The van der Waals surface area contributed by atoms with Gasteiger partial charge in [0.2, 0.25) is 11.7 Å². The molecule has 0 saturated carbocycles. The predicted octanol–water partition coefficient (Wildman–Crippen LogP) is 2.98. The number of aryl methyl sites for hydroxylation is 1. The molecule has 0 bridgehead atoms. The second kappa shape index (κ2) is 6.95. The van der Waals surface area contributed by atoms with Crippen molar-refractivity contribution in [3.05, 3.63) is 65.5 Å². The molecule has 2 aromatic carbocycles. The molecule has 3 rings (SSSR count). The van der Waals surface area contributed by atoms with E-state index < -0.39 is 0 Å². The summed E-state index contributed by atoms with van der Waals surface area (Å²) in [5, 5.41) is 6.69. The fourth-order valence-corrected chi connectivity index (χ4v) is 2.15. The minimum Gasteiger partial charge on any atom is -0.497 e. The van der Waals surface area contributed by atoms with Crippen molar-refractivity contribution in [3.8, 4) is 17.1 Å². The van der Waals surface area contributed by atoms with Crippen LogP contribution in [0, 0.1) is 6.92 Å². The molecular formula is C18H17N3O3. The van der Waals surface area contributed by atoms with Crippen LogP contribution in [0.2, 0.25) is 0 Å². The summed E-state index contributed by atoms with van der Waals surface area (Å²) >= 11 is 0. The van der Waals surface area contributed by atoms with Crippen LogP contribution in [0.1, 0.15) is 21.8 Å². The molecule has 122 valence electrons. The van der Waals surface area contributed by atoms with Crippen molar-refractivity contribution in [1.29, 1.82) is 0 Å². The molecule has 0 aliphatic rings. The lowest BCUT2D eigenvalue weighted by Crippen LogP contribution is -2.22. The summed E-state index contributed by atoms with van der Waals surface area (Å²) in [5.74, 6) is 1.34. The number of benzene rings is 2. The van der Waals surface area contributed by atoms with Crippen LogP contribution in [0.15, 0.2) is 53.1 Å². The van der Waals surface area contributed by atoms with E-state index in [9.17, 15) is 4.79 Å². The zero-order chi connectivity index (χ0) is 16.9. The number of carbonyl (C=O) groups is 1. The molecule has 24 heavy (non-hydrogen) atoms. The molecule has 1 amide bonds. The molecule has 1 aromatic heterocycles. The average Bonchev–Trinajstić information content (AvgIpc) is 3.09. The van der Waals surface area contributed by atoms with Gasteiger partial charge in [-0.3, -0.25) is 4.79 Å². The van der Waals surface area contributed by atoms with Crippen molar-refractivity contribution < 1.29 is 14.1 Å². The lowest BCUT2D eigenvalue weighted by Gasteiger charge is -2.03. The Labute approximate surface area is 139 Å². The van der Waals surface area contributed by atoms with Gasteiger partial charge in [0.05, 0.1) is 13.7 Å². The number of nitrogens with one attached hydrogen (secondary N) is 1. The quantitative estimate of drug-likeness (QED) is 0.781. The molecule has 0 aliphatic heterocycles. The Morgan fingerprint density at radius 1 is 1.12 bits per heavy atom. The highest BCUT2D eigenvalue weighted by molar-refractivity contribution is 5.94. The molecule has 0 radical (unpaired) electrons. The molecule has 1 heterocycles. The van der Waals surface area contributed by atoms with E-state index in [1.54, 1.807) is 31.4 Å². The fourth-order valence-electron chi connectivity index (χ4n) is 2.15. The SMILES string of the molecule is COc1ccc(C(=O)NCc2nc(-c3ccc(C)cc3)no2)cc1. The molecule has 3 aromatic rings. The van der Waals surface area contributed by atoms with Crippen molar-refractivity contribution in [2.24, 2.45) is 0 Å². The summed E-state index contributed by atoms with van der Waals surface area (Å²) < 4.78 is 10.2. The van der Waals surface area contributed by atoms with Crippen molar-refractivity contribution >= 4 is 5.91 Å². The van der Waals surface area contributed by atoms with Crippen LogP contribution in [0.4, 0.5) is 0 Å². The van der Waals surface area contributed by atoms with Gasteiger partial charge in [-0.15, -0.1) is 0 Å². The predicted molar refractivity (Wildman–Crippen MR) is 88.6 cm³/mol. The zero-order valence-corrected chi connectivity index (χ0v) is 13.4. The summed E-state index contributed by atoms with van der Waals surface area (Å²) in [6.07, 6.45) is 0. The third kappa shape index (κ3) is 3.60. The topological polar surface area (TPSA) is 77.2 Å². The first-order valence-electron chi connectivity index (χ1n) is 7.47. The van der Waals surface area contributed by atoms with Crippen LogP contribution in [0.3, 0.4) is 0 Å². The van der Waals surface area contributed by atoms with Gasteiger partial charge in [0.25, 0.3) is 5.91 Å². The van der Waals surface area contributed by atoms with Gasteiger partial charge in [0, 0.05) is 11.1 Å². The molecular weight excluding hydrogens is 306 g/mol. The Morgan fingerprint density at radius 2 is 1.83 bits per heavy atom. The van der Waals surface area contributed by atoms with Crippen LogP contribution in [-0.4, -0.2) is 23.2 Å². The lowest BCUT2D eigenvalue weighted by atomic mass is 10.1. The van der Waals surface area contributed by atoms with Gasteiger partial charge in [-0.05, 0) is 31.2 Å². The van der Waals surface area contributed by atoms with Gasteiger partial charge in [-0.25, -0.2) is 0 Å². The maximum Gasteiger partial charge on any atom is 0.251 e. The van der Waals surface area contributed by atoms with E-state index in [1.807, 2.05) is 31.2 Å². The fraction of sp³-hybridized carbons (Fsp3) is 0.167. The third-order valence-electron chi connectivity index (χ3n) is 3.53. The van der Waals surface area contributed by atoms with E-state index in [4.69, 9.17) is 9.26 Å². The largest absolute Gasteiger partial charge is 0.497 e. The van der Waals surface area contributed by atoms with Crippen LogP contribution < -0.4 is 10.1 Å². The highest BCUT2D eigenvalue weighted by Crippen LogP contribution is 2.16. The summed E-state index contributed by atoms with van der Waals surface area (Å²) in [4.78, 5) is 16.4. The Hall–Kier alpha value is -3.15. The van der Waals surface area contributed by atoms with E-state index in [0.717, 1.165) is 11.1 Å². The minimum absolute atomic E-state index is 0.170. The minimum atomic E-state index is -0.215. The molecule has 0 aliphatic carbocycles. The van der Waals surface area contributed by atoms with Crippen LogP contribution >= 0.6 is 0 Å². The van der Waals surface area contributed by atoms with Crippen molar-refractivity contribution in [2.75, 3.05) is 7.11 Å². The standard InChI is InChI=1S/C18H17N3O3/c1-12-3-5-13(6-4-12)17-20-16(24-21-17)11-19-18(22)14-7-9-15(23-2)10-8-14/h3-10H,11H2,1-2H3,(H,19,22). The molecule has 6 heteroatoms. The molecule has 0 spiro atoms. The number of hydrogen-bond donors (Lipinski definition) is 1. The van der Waals surface area contributed by atoms with E-state index in [2.05, 4.69) is 15.5 Å². The van der Waals surface area contributed by atoms with E-state index >= 15 is 0 Å². The number of rotatable bonds is 5. The Balaban J connectivity index is 1.62. The normalized spacial score (nSPS) is 10.4. The lowest BCUT2D eigenvalue weighted by molar-refractivity contribution is 0.0946. The first kappa shape index (κ1) is 15.7. The monoisotopic (exact) mass is 323 g/mol. The van der Waals surface area contributed by atoms with Gasteiger partial charge in [0.15, 0.2) is 0 Å². The van der Waals surface area contributed by atoms with Gasteiger partial charge in [-0.2, -0.15) is 4.98 Å². The van der Waals surface area contributed by atoms with Crippen LogP contribution in [0.5, 0.6) is 5.75 Å². The number of nitrogens with zero attached hydrogens (tertiary/aromatic N) is 2. The maximum absolute atomic E-state index is 12.1. The molecule has 0 atom stereocenters. The zero-order valence-electron chi connectivity index (χ0n) is 13.4. The number of carbonyl (C=O) groups excluding carboxylic acids is 1. The highest BCUT2D eigenvalue weighted by Gasteiger charge is 2.11. The van der Waals surface area contributed by atoms with E-state index in [-0.39, 0.29) is 12.5 Å². The summed E-state index contributed by atoms with van der Waals surface area (Å²) in [5.41, 5.74) is 2.57. The average molecular weight is 323 g/mol. The van der Waals surface area contributed by atoms with Crippen molar-refractivity contribution in [1.82, 2.24) is 15.5 Å². The first-order chi connectivity index (χ1) is 11.7. The first-order valence-corrected chi connectivity index (χ1v) is 7.47. The molecule has 0 saturated heterocycles. The second-order valence-corrected chi connectivity index (χ2v) is 5.29. The molecule has 1 N–H and O–H groups in total. The summed E-state index contributed by atoms with van der Waals surface area (Å²) in [6.45, 7) is 2.18. The number of ether oxygens (including phenoxy) is 1. The van der Waals surface area contributed by atoms with Crippen LogP contribution in [-0.2, 0) is 6.54 Å². The maximum atomic E-state index is 12.1. The number of aromatic nitrogens is 2. The van der Waals surface area contributed by atoms with Gasteiger partial charge in [-0.1, -0.05) is 35.0 Å². The van der Waals surface area contributed by atoms with Crippen molar-refractivity contribution in [2.45, 2.75) is 13.5 Å². The van der Waals surface area contributed by atoms with Gasteiger partial charge < -0.3 is 14.6 Å². The van der Waals surface area contributed by atoms with Crippen LogP contribution in [0.25, 0.3) is 11.4 Å². The Morgan fingerprint density at radius 3 is 2.50 bits per heavy atom. The third-order valence-corrected chi connectivity index (χ3v) is 3.53. The van der Waals surface area contributed by atoms with E-state index in [1.165, 1.54) is 0 Å². The summed E-state index contributed by atoms with van der Waals surface area (Å²) in [6, 6.07) is 14.7. The van der Waals surface area contributed by atoms with Crippen molar-refractivity contribution in [3.63, 3.8) is 0 Å². The van der Waals surface area contributed by atoms with Gasteiger partial charge in [0.1, 0.15) is 5.75 Å². The van der Waals surface area contributed by atoms with E-state index in [0.29, 0.717) is 23.0 Å². The number of hydrogen-bond acceptors (Lipinski definition) is 5. The molecule has 0 unspecified atom stereocenters. The number of amides is 1. The highest BCUT2D eigenvalue weighted by atomic mass is 16.5.